The minimum absolute atomic E-state index is 0.112. The Morgan fingerprint density at radius 3 is 2.10 bits per heavy atom. The molecule has 0 aliphatic rings. The first-order chi connectivity index (χ1) is 9.99. The summed E-state index contributed by atoms with van der Waals surface area (Å²) in [4.78, 5) is 22.0. The number of hydrogen-bond acceptors (Lipinski definition) is 3. The first kappa shape index (κ1) is 14.2. The molecular weight excluding hydrogens is 272 g/mol. The summed E-state index contributed by atoms with van der Waals surface area (Å²) in [5.74, 6) is 0.478. The van der Waals surface area contributed by atoms with Crippen molar-refractivity contribution in [2.24, 2.45) is 0 Å². The number of ether oxygens (including phenoxy) is 1. The van der Waals surface area contributed by atoms with Gasteiger partial charge in [0.15, 0.2) is 0 Å². The molecule has 0 unspecified atom stereocenters. The highest BCUT2D eigenvalue weighted by Gasteiger charge is 2.12. The van der Waals surface area contributed by atoms with Gasteiger partial charge in [-0.3, -0.25) is 0 Å². The average Bonchev–Trinajstić information content (AvgIpc) is 2.47. The first-order valence-corrected chi connectivity index (χ1v) is 5.86. The molecule has 5 nitrogen and oxygen atoms in total. The Morgan fingerprint density at radius 2 is 1.57 bits per heavy atom. The fraction of sp³-hybridized carbons (Fsp3) is 0. The number of carboxylic acids is 2. The monoisotopic (exact) mass is 282 g/mol. The van der Waals surface area contributed by atoms with Gasteiger partial charge in [0.05, 0.1) is 11.1 Å². The van der Waals surface area contributed by atoms with E-state index in [4.69, 9.17) is 21.4 Å². The summed E-state index contributed by atoms with van der Waals surface area (Å²) in [5.41, 5.74) is 0.261. The molecule has 0 heterocycles. The van der Waals surface area contributed by atoms with Crippen LogP contribution in [0.1, 0.15) is 26.3 Å². The summed E-state index contributed by atoms with van der Waals surface area (Å²) in [6.07, 6.45) is 5.28. The van der Waals surface area contributed by atoms with E-state index in [2.05, 4.69) is 5.92 Å². The van der Waals surface area contributed by atoms with Crippen molar-refractivity contribution in [1.82, 2.24) is 0 Å². The van der Waals surface area contributed by atoms with Crippen molar-refractivity contribution in [2.45, 2.75) is 0 Å². The Bertz CT molecular complexity index is 723. The maximum Gasteiger partial charge on any atom is 0.335 e. The number of rotatable bonds is 4. The Labute approximate surface area is 120 Å². The van der Waals surface area contributed by atoms with Crippen molar-refractivity contribution < 1.29 is 24.5 Å². The lowest BCUT2D eigenvalue weighted by Crippen LogP contribution is -2.03. The molecule has 2 rings (SSSR count). The predicted octanol–water partition coefficient (Wildman–Crippen LogP) is 2.86. The zero-order valence-electron chi connectivity index (χ0n) is 10.7. The van der Waals surface area contributed by atoms with Gasteiger partial charge in [0, 0.05) is 5.56 Å². The third kappa shape index (κ3) is 3.39. The summed E-state index contributed by atoms with van der Waals surface area (Å²) in [6.45, 7) is 0. The number of carbonyl (C=O) groups is 2. The molecule has 0 fully saturated rings. The third-order valence-electron chi connectivity index (χ3n) is 2.64. The molecule has 0 radical (unpaired) electrons. The van der Waals surface area contributed by atoms with Gasteiger partial charge in [-0.25, -0.2) is 9.59 Å². The van der Waals surface area contributed by atoms with Gasteiger partial charge in [-0.05, 0) is 36.4 Å². The minimum atomic E-state index is -1.24. The quantitative estimate of drug-likeness (QED) is 0.842. The van der Waals surface area contributed by atoms with Crippen LogP contribution in [0, 0.1) is 12.3 Å². The highest BCUT2D eigenvalue weighted by molar-refractivity contribution is 5.94. The Kier molecular flexibility index (Phi) is 3.91. The molecule has 5 heteroatoms. The molecule has 2 N–H and O–H groups in total. The van der Waals surface area contributed by atoms with E-state index in [0.717, 1.165) is 6.07 Å². The van der Waals surface area contributed by atoms with Gasteiger partial charge in [-0.2, -0.15) is 0 Å². The van der Waals surface area contributed by atoms with Crippen molar-refractivity contribution >= 4 is 11.9 Å². The molecular formula is C16H10O5. The standard InChI is InChI=1S/C16H10O5/c1-2-10-4-3-5-13(6-10)21-14-8-11(15(17)18)7-12(9-14)16(19)20/h1,3-9H,(H,17,18)(H,19,20). The third-order valence-corrected chi connectivity index (χ3v) is 2.64. The number of benzene rings is 2. The molecule has 0 atom stereocenters. The number of terminal acetylenes is 1. The molecule has 0 saturated heterocycles. The van der Waals surface area contributed by atoms with Crippen LogP contribution in [-0.4, -0.2) is 22.2 Å². The summed E-state index contributed by atoms with van der Waals surface area (Å²) in [7, 11) is 0. The van der Waals surface area contributed by atoms with E-state index in [9.17, 15) is 9.59 Å². The van der Waals surface area contributed by atoms with Crippen molar-refractivity contribution in [3.63, 3.8) is 0 Å². The van der Waals surface area contributed by atoms with Crippen molar-refractivity contribution in [1.29, 1.82) is 0 Å². The SMILES string of the molecule is C#Cc1cccc(Oc2cc(C(=O)O)cc(C(=O)O)c2)c1. The van der Waals surface area contributed by atoms with Crippen LogP contribution in [0.15, 0.2) is 42.5 Å². The van der Waals surface area contributed by atoms with E-state index in [1.165, 1.54) is 12.1 Å². The molecule has 0 amide bonds. The number of aromatic carboxylic acids is 2. The van der Waals surface area contributed by atoms with Gasteiger partial charge in [0.25, 0.3) is 0 Å². The molecule has 0 saturated carbocycles. The maximum atomic E-state index is 11.0. The van der Waals surface area contributed by atoms with E-state index >= 15 is 0 Å². The number of hydrogen-bond donors (Lipinski definition) is 2. The van der Waals surface area contributed by atoms with Crippen molar-refractivity contribution in [3.8, 4) is 23.8 Å². The Hall–Kier alpha value is -3.26. The van der Waals surface area contributed by atoms with Gasteiger partial charge in [0.1, 0.15) is 11.5 Å². The van der Waals surface area contributed by atoms with Crippen LogP contribution in [0.5, 0.6) is 11.5 Å². The fourth-order valence-electron chi connectivity index (χ4n) is 1.69. The molecule has 21 heavy (non-hydrogen) atoms. The van der Waals surface area contributed by atoms with Crippen LogP contribution < -0.4 is 4.74 Å². The normalized spacial score (nSPS) is 9.67. The predicted molar refractivity (Wildman–Crippen MR) is 74.8 cm³/mol. The lowest BCUT2D eigenvalue weighted by molar-refractivity contribution is 0.0696. The van der Waals surface area contributed by atoms with E-state index in [1.54, 1.807) is 24.3 Å². The summed E-state index contributed by atoms with van der Waals surface area (Å²) < 4.78 is 5.48. The van der Waals surface area contributed by atoms with Gasteiger partial charge >= 0.3 is 11.9 Å². The van der Waals surface area contributed by atoms with E-state index in [0.29, 0.717) is 11.3 Å². The number of carboxylic acid groups (broad SMARTS) is 2. The van der Waals surface area contributed by atoms with E-state index in [-0.39, 0.29) is 16.9 Å². The molecule has 2 aromatic rings. The summed E-state index contributed by atoms with van der Waals surface area (Å²) >= 11 is 0. The van der Waals surface area contributed by atoms with Crippen LogP contribution in [0.3, 0.4) is 0 Å². The lowest BCUT2D eigenvalue weighted by Gasteiger charge is -2.08. The van der Waals surface area contributed by atoms with Gasteiger partial charge in [-0.15, -0.1) is 6.42 Å². The highest BCUT2D eigenvalue weighted by Crippen LogP contribution is 2.25. The van der Waals surface area contributed by atoms with Gasteiger partial charge in [0.2, 0.25) is 0 Å². The average molecular weight is 282 g/mol. The van der Waals surface area contributed by atoms with Crippen molar-refractivity contribution in [3.05, 3.63) is 59.2 Å². The zero-order valence-corrected chi connectivity index (χ0v) is 10.7. The smallest absolute Gasteiger partial charge is 0.335 e. The summed E-state index contributed by atoms with van der Waals surface area (Å²) in [5, 5.41) is 18.0. The van der Waals surface area contributed by atoms with Gasteiger partial charge < -0.3 is 14.9 Å². The largest absolute Gasteiger partial charge is 0.478 e. The maximum absolute atomic E-state index is 11.0. The van der Waals surface area contributed by atoms with Crippen LogP contribution in [-0.2, 0) is 0 Å². The molecule has 0 aliphatic carbocycles. The topological polar surface area (TPSA) is 83.8 Å². The first-order valence-electron chi connectivity index (χ1n) is 5.86. The van der Waals surface area contributed by atoms with Crippen LogP contribution in [0.4, 0.5) is 0 Å². The molecule has 104 valence electrons. The molecule has 0 bridgehead atoms. The lowest BCUT2D eigenvalue weighted by atomic mass is 10.1. The minimum Gasteiger partial charge on any atom is -0.478 e. The molecule has 0 aliphatic heterocycles. The van der Waals surface area contributed by atoms with Crippen LogP contribution in [0.2, 0.25) is 0 Å². The van der Waals surface area contributed by atoms with E-state index < -0.39 is 11.9 Å². The Balaban J connectivity index is 2.41. The van der Waals surface area contributed by atoms with Crippen molar-refractivity contribution in [2.75, 3.05) is 0 Å². The van der Waals surface area contributed by atoms with E-state index in [1.807, 2.05) is 0 Å². The van der Waals surface area contributed by atoms with Crippen LogP contribution >= 0.6 is 0 Å². The second kappa shape index (κ2) is 5.80. The summed E-state index contributed by atoms with van der Waals surface area (Å²) in [6, 6.07) is 10.2. The molecule has 0 spiro atoms. The fourth-order valence-corrected chi connectivity index (χ4v) is 1.69. The van der Waals surface area contributed by atoms with Gasteiger partial charge in [-0.1, -0.05) is 12.0 Å². The highest BCUT2D eigenvalue weighted by atomic mass is 16.5. The molecule has 2 aromatic carbocycles. The second-order valence-electron chi connectivity index (χ2n) is 4.13. The second-order valence-corrected chi connectivity index (χ2v) is 4.13. The van der Waals surface area contributed by atoms with Crippen LogP contribution in [0.25, 0.3) is 0 Å². The zero-order chi connectivity index (χ0) is 15.4. The Morgan fingerprint density at radius 1 is 0.952 bits per heavy atom. The molecule has 0 aromatic heterocycles.